The number of halogens is 1. The molecule has 2 fully saturated rings. The number of hydrogen-bond acceptors (Lipinski definition) is 10. The van der Waals surface area contributed by atoms with Gasteiger partial charge < -0.3 is 31.7 Å². The Balaban J connectivity index is 1.48. The van der Waals surface area contributed by atoms with E-state index in [0.717, 1.165) is 31.7 Å². The molecule has 0 spiro atoms. The highest BCUT2D eigenvalue weighted by Crippen LogP contribution is 2.30. The molecule has 1 aliphatic carbocycles. The minimum absolute atomic E-state index is 0.0132. The molecule has 3 aromatic heterocycles. The van der Waals surface area contributed by atoms with Gasteiger partial charge in [-0.1, -0.05) is 18.1 Å². The van der Waals surface area contributed by atoms with Crippen LogP contribution in [0, 0.1) is 5.82 Å². The summed E-state index contributed by atoms with van der Waals surface area (Å²) in [6.07, 6.45) is 8.63. The molecule has 1 aliphatic heterocycles. The van der Waals surface area contributed by atoms with Crippen molar-refractivity contribution in [3.63, 3.8) is 0 Å². The summed E-state index contributed by atoms with van der Waals surface area (Å²) >= 11 is 0. The minimum Gasteiger partial charge on any atom is -0.378 e. The molecule has 2 aliphatic rings. The van der Waals surface area contributed by atoms with Gasteiger partial charge in [0.25, 0.3) is 5.91 Å². The fourth-order valence-corrected chi connectivity index (χ4v) is 4.56. The van der Waals surface area contributed by atoms with Crippen molar-refractivity contribution in [1.82, 2.24) is 25.0 Å². The second-order valence-electron chi connectivity index (χ2n) is 8.92. The van der Waals surface area contributed by atoms with E-state index in [4.69, 9.17) is 16.2 Å². The third-order valence-corrected chi connectivity index (χ3v) is 6.47. The smallest absolute Gasteiger partial charge is 0.252 e. The van der Waals surface area contributed by atoms with Crippen molar-refractivity contribution in [2.24, 2.45) is 11.5 Å². The third kappa shape index (κ3) is 5.06. The average molecular weight is 497 g/mol. The number of nitrogens with two attached hydrogens (primary N) is 2. The second kappa shape index (κ2) is 10.4. The Bertz CT molecular complexity index is 1220. The Hall–Kier alpha value is -3.84. The fraction of sp³-hybridized carbons (Fsp3) is 0.435. The fourth-order valence-electron chi connectivity index (χ4n) is 4.56. The molecule has 13 heteroatoms. The monoisotopic (exact) mass is 496 g/mol. The zero-order valence-electron chi connectivity index (χ0n) is 19.7. The van der Waals surface area contributed by atoms with Gasteiger partial charge in [-0.3, -0.25) is 4.79 Å². The van der Waals surface area contributed by atoms with E-state index in [1.54, 1.807) is 23.3 Å². The highest BCUT2D eigenvalue weighted by Gasteiger charge is 2.25. The van der Waals surface area contributed by atoms with E-state index in [0.29, 0.717) is 43.5 Å². The van der Waals surface area contributed by atoms with Crippen LogP contribution in [0.2, 0.25) is 0 Å². The summed E-state index contributed by atoms with van der Waals surface area (Å²) in [6, 6.07) is 2.69. The van der Waals surface area contributed by atoms with E-state index < -0.39 is 11.7 Å². The molecule has 1 amide bonds. The number of rotatable bonds is 7. The van der Waals surface area contributed by atoms with Crippen LogP contribution in [0.1, 0.15) is 36.0 Å². The van der Waals surface area contributed by atoms with Crippen molar-refractivity contribution < 1.29 is 13.9 Å². The molecule has 5 rings (SSSR count). The Morgan fingerprint density at radius 2 is 1.97 bits per heavy atom. The number of carbonyl (C=O) groups excluding carboxylic acids is 1. The van der Waals surface area contributed by atoms with Crippen LogP contribution in [0.5, 0.6) is 0 Å². The number of carbonyl (C=O) groups is 1. The number of ether oxygens (including phenoxy) is 1. The first-order chi connectivity index (χ1) is 17.5. The van der Waals surface area contributed by atoms with Gasteiger partial charge in [-0.15, -0.1) is 5.10 Å². The number of amides is 1. The molecule has 36 heavy (non-hydrogen) atoms. The Morgan fingerprint density at radius 3 is 2.69 bits per heavy atom. The minimum atomic E-state index is -0.806. The average Bonchev–Trinajstić information content (AvgIpc) is 3.42. The summed E-state index contributed by atoms with van der Waals surface area (Å²) in [5.41, 5.74) is 12.9. The van der Waals surface area contributed by atoms with Crippen LogP contribution in [0.15, 0.2) is 30.7 Å². The third-order valence-electron chi connectivity index (χ3n) is 6.47. The van der Waals surface area contributed by atoms with E-state index in [2.05, 4.69) is 35.8 Å². The first-order valence-corrected chi connectivity index (χ1v) is 12.0. The summed E-state index contributed by atoms with van der Waals surface area (Å²) in [4.78, 5) is 23.2. The molecule has 0 aromatic carbocycles. The molecule has 0 radical (unpaired) electrons. The van der Waals surface area contributed by atoms with Gasteiger partial charge in [0.1, 0.15) is 11.5 Å². The molecular formula is C23H29FN10O2. The van der Waals surface area contributed by atoms with E-state index >= 15 is 0 Å². The van der Waals surface area contributed by atoms with Crippen LogP contribution < -0.4 is 27.0 Å². The summed E-state index contributed by atoms with van der Waals surface area (Å²) in [5, 5.41) is 14.2. The molecule has 0 bridgehead atoms. The standard InChI is InChI=1S/C23H29FN10O2/c24-16-12-15(20(26)35)21(31-22(16)30-18-4-2-1-3-17(18)25)29-14-11-19(34-6-5-28-32-34)23(27-13-14)33-7-9-36-10-8-33/h5-6,11-13,17-18H,1-4,7-10,25H2,(H2,26,35)(H2,29,30,31)/t17-,18+/m0/s1. The zero-order valence-corrected chi connectivity index (χ0v) is 19.7. The molecular weight excluding hydrogens is 467 g/mol. The largest absolute Gasteiger partial charge is 0.378 e. The summed E-state index contributed by atoms with van der Waals surface area (Å²) in [6.45, 7) is 2.57. The van der Waals surface area contributed by atoms with Gasteiger partial charge in [-0.2, -0.15) is 0 Å². The summed E-state index contributed by atoms with van der Waals surface area (Å²) < 4.78 is 21.9. The molecule has 1 saturated carbocycles. The van der Waals surface area contributed by atoms with Gasteiger partial charge in [0.05, 0.1) is 43.1 Å². The second-order valence-corrected chi connectivity index (χ2v) is 8.92. The van der Waals surface area contributed by atoms with Gasteiger partial charge in [0.2, 0.25) is 0 Å². The SMILES string of the molecule is NC(=O)c1cc(F)c(N[C@@H]2CCCC[C@@H]2N)nc1Nc1cnc(N2CCOCC2)c(-n2ccnn2)c1. The Morgan fingerprint density at radius 1 is 1.17 bits per heavy atom. The number of morpholine rings is 1. The van der Waals surface area contributed by atoms with Gasteiger partial charge in [-0.05, 0) is 25.0 Å². The van der Waals surface area contributed by atoms with Crippen LogP contribution in [0.25, 0.3) is 5.69 Å². The van der Waals surface area contributed by atoms with Gasteiger partial charge in [0.15, 0.2) is 17.5 Å². The number of nitrogens with zero attached hydrogens (tertiary/aromatic N) is 6. The predicted molar refractivity (Wildman–Crippen MR) is 132 cm³/mol. The number of anilines is 4. The maximum atomic E-state index is 14.9. The van der Waals surface area contributed by atoms with E-state index in [9.17, 15) is 9.18 Å². The first kappa shape index (κ1) is 23.9. The number of primary amides is 1. The van der Waals surface area contributed by atoms with Gasteiger partial charge >= 0.3 is 0 Å². The molecule has 190 valence electrons. The van der Waals surface area contributed by atoms with Crippen LogP contribution in [-0.2, 0) is 4.74 Å². The van der Waals surface area contributed by atoms with Crippen molar-refractivity contribution in [3.8, 4) is 5.69 Å². The highest BCUT2D eigenvalue weighted by atomic mass is 19.1. The lowest BCUT2D eigenvalue weighted by atomic mass is 9.91. The van der Waals surface area contributed by atoms with Crippen molar-refractivity contribution in [1.29, 1.82) is 0 Å². The van der Waals surface area contributed by atoms with Crippen LogP contribution in [0.3, 0.4) is 0 Å². The maximum Gasteiger partial charge on any atom is 0.252 e. The molecule has 2 atom stereocenters. The van der Waals surface area contributed by atoms with Gasteiger partial charge in [-0.25, -0.2) is 19.0 Å². The maximum absolute atomic E-state index is 14.9. The summed E-state index contributed by atoms with van der Waals surface area (Å²) in [7, 11) is 0. The van der Waals surface area contributed by atoms with Crippen molar-refractivity contribution in [3.05, 3.63) is 42.1 Å². The van der Waals surface area contributed by atoms with Crippen molar-refractivity contribution in [2.45, 2.75) is 37.8 Å². The van der Waals surface area contributed by atoms with E-state index in [1.165, 1.54) is 0 Å². The summed E-state index contributed by atoms with van der Waals surface area (Å²) in [5.74, 6) is -0.638. The number of aromatic nitrogens is 5. The van der Waals surface area contributed by atoms with Crippen molar-refractivity contribution in [2.75, 3.05) is 41.8 Å². The lowest BCUT2D eigenvalue weighted by Crippen LogP contribution is -2.43. The Kier molecular flexibility index (Phi) is 6.91. The highest BCUT2D eigenvalue weighted by molar-refractivity contribution is 5.98. The lowest BCUT2D eigenvalue weighted by Gasteiger charge is -2.30. The molecule has 3 aromatic rings. The van der Waals surface area contributed by atoms with Crippen LogP contribution in [-0.4, -0.2) is 69.3 Å². The predicted octanol–water partition coefficient (Wildman–Crippen LogP) is 1.56. The first-order valence-electron chi connectivity index (χ1n) is 12.0. The van der Waals surface area contributed by atoms with Crippen LogP contribution in [0.4, 0.5) is 27.5 Å². The van der Waals surface area contributed by atoms with Gasteiger partial charge in [0, 0.05) is 25.2 Å². The Labute approximate surface area is 207 Å². The number of hydrogen-bond donors (Lipinski definition) is 4. The molecule has 1 saturated heterocycles. The van der Waals surface area contributed by atoms with Crippen molar-refractivity contribution >= 4 is 29.0 Å². The topological polar surface area (TPSA) is 162 Å². The quantitative estimate of drug-likeness (QED) is 0.377. The molecule has 12 nitrogen and oxygen atoms in total. The number of nitrogens with one attached hydrogen (secondary N) is 2. The van der Waals surface area contributed by atoms with E-state index in [1.807, 2.05) is 6.07 Å². The molecule has 4 heterocycles. The zero-order chi connectivity index (χ0) is 25.1. The normalized spacial score (nSPS) is 20.2. The van der Waals surface area contributed by atoms with E-state index in [-0.39, 0.29) is 29.3 Å². The molecule has 6 N–H and O–H groups in total. The molecule has 0 unspecified atom stereocenters. The number of pyridine rings is 2. The van der Waals surface area contributed by atoms with Crippen LogP contribution >= 0.6 is 0 Å². The lowest BCUT2D eigenvalue weighted by molar-refractivity contribution is 0.100.